The van der Waals surface area contributed by atoms with Crippen molar-refractivity contribution in [1.29, 1.82) is 0 Å². The first-order valence-corrected chi connectivity index (χ1v) is 7.55. The van der Waals surface area contributed by atoms with Crippen LogP contribution in [0.15, 0.2) is 30.5 Å². The first-order valence-electron chi connectivity index (χ1n) is 7.55. The molecule has 1 aliphatic heterocycles. The Morgan fingerprint density at radius 1 is 1.32 bits per heavy atom. The Bertz CT molecular complexity index is 746. The van der Waals surface area contributed by atoms with Gasteiger partial charge in [-0.2, -0.15) is 0 Å². The predicted molar refractivity (Wildman–Crippen MR) is 81.9 cm³/mol. The fourth-order valence-corrected chi connectivity index (χ4v) is 3.58. The van der Waals surface area contributed by atoms with Crippen LogP contribution in [0.4, 0.5) is 0 Å². The van der Waals surface area contributed by atoms with Crippen molar-refractivity contribution < 1.29 is 14.3 Å². The number of carbonyl (C=O) groups is 1. The summed E-state index contributed by atoms with van der Waals surface area (Å²) in [6.07, 6.45) is 1.74. The smallest absolute Gasteiger partial charge is 0.224 e. The number of pyridine rings is 1. The number of amides is 1. The Morgan fingerprint density at radius 2 is 2.18 bits per heavy atom. The van der Waals surface area contributed by atoms with E-state index in [1.807, 2.05) is 24.3 Å². The van der Waals surface area contributed by atoms with Gasteiger partial charge in [-0.15, -0.1) is 0 Å². The maximum absolute atomic E-state index is 11.7. The predicted octanol–water partition coefficient (Wildman–Crippen LogP) is 2.00. The molecule has 1 aromatic heterocycles. The third-order valence-electron chi connectivity index (χ3n) is 4.88. The Morgan fingerprint density at radius 3 is 2.91 bits per heavy atom. The number of benzene rings is 1. The van der Waals surface area contributed by atoms with Crippen LogP contribution >= 0.6 is 0 Å². The number of carbonyl (C=O) groups excluding carboxylic acids is 1. The topological polar surface area (TPSA) is 60.5 Å². The minimum Gasteiger partial charge on any atom is -0.497 e. The van der Waals surface area contributed by atoms with Gasteiger partial charge < -0.3 is 14.8 Å². The van der Waals surface area contributed by atoms with Crippen LogP contribution in [0.5, 0.6) is 11.6 Å². The summed E-state index contributed by atoms with van der Waals surface area (Å²) in [7, 11) is 1.64. The molecule has 2 fully saturated rings. The lowest BCUT2D eigenvalue weighted by molar-refractivity contribution is -0.121. The van der Waals surface area contributed by atoms with Gasteiger partial charge in [0.15, 0.2) is 0 Å². The highest BCUT2D eigenvalue weighted by Crippen LogP contribution is 2.52. The lowest BCUT2D eigenvalue weighted by atomic mass is 10.1. The maximum atomic E-state index is 11.7. The molecule has 2 heterocycles. The van der Waals surface area contributed by atoms with E-state index in [9.17, 15) is 4.79 Å². The third kappa shape index (κ3) is 2.00. The largest absolute Gasteiger partial charge is 0.497 e. The summed E-state index contributed by atoms with van der Waals surface area (Å²) in [5, 5.41) is 4.99. The van der Waals surface area contributed by atoms with Gasteiger partial charge in [-0.25, -0.2) is 4.98 Å². The van der Waals surface area contributed by atoms with E-state index < -0.39 is 0 Å². The number of methoxy groups -OCH3 is 1. The Labute approximate surface area is 128 Å². The van der Waals surface area contributed by atoms with Crippen molar-refractivity contribution in [2.75, 3.05) is 13.7 Å². The Kier molecular flexibility index (Phi) is 2.96. The second-order valence-corrected chi connectivity index (χ2v) is 6.09. The van der Waals surface area contributed by atoms with Crippen molar-refractivity contribution in [3.63, 3.8) is 0 Å². The van der Waals surface area contributed by atoms with Crippen molar-refractivity contribution in [2.45, 2.75) is 13.0 Å². The molecule has 0 radical (unpaired) electrons. The van der Waals surface area contributed by atoms with Crippen LogP contribution in [0, 0.1) is 17.8 Å². The molecular formula is C17H18N2O3. The molecule has 1 saturated heterocycles. The summed E-state index contributed by atoms with van der Waals surface area (Å²) in [5.41, 5.74) is 0. The van der Waals surface area contributed by atoms with Crippen molar-refractivity contribution >= 4 is 16.7 Å². The van der Waals surface area contributed by atoms with Crippen molar-refractivity contribution in [3.8, 4) is 11.6 Å². The van der Waals surface area contributed by atoms with Crippen molar-refractivity contribution in [3.05, 3.63) is 30.5 Å². The second kappa shape index (κ2) is 4.87. The monoisotopic (exact) mass is 298 g/mol. The summed E-state index contributed by atoms with van der Waals surface area (Å²) in [4.78, 5) is 16.1. The van der Waals surface area contributed by atoms with E-state index in [-0.39, 0.29) is 17.9 Å². The van der Waals surface area contributed by atoms with E-state index in [4.69, 9.17) is 9.47 Å². The summed E-state index contributed by atoms with van der Waals surface area (Å²) >= 11 is 0. The zero-order valence-electron chi connectivity index (χ0n) is 12.6. The Balaban J connectivity index is 1.55. The molecule has 1 amide bonds. The fraction of sp³-hybridized carbons (Fsp3) is 0.412. The van der Waals surface area contributed by atoms with Crippen LogP contribution in [0.3, 0.4) is 0 Å². The van der Waals surface area contributed by atoms with Gasteiger partial charge in [0, 0.05) is 17.5 Å². The summed E-state index contributed by atoms with van der Waals surface area (Å²) in [5.74, 6) is 2.60. The van der Waals surface area contributed by atoms with Gasteiger partial charge in [-0.3, -0.25) is 4.79 Å². The summed E-state index contributed by atoms with van der Waals surface area (Å²) in [6.45, 7) is 2.59. The number of nitrogens with one attached hydrogen (secondary N) is 1. The highest BCUT2D eigenvalue weighted by atomic mass is 16.5. The molecule has 4 rings (SSSR count). The molecule has 22 heavy (non-hydrogen) atoms. The molecule has 2 aliphatic rings. The molecule has 5 nitrogen and oxygen atoms in total. The molecule has 0 unspecified atom stereocenters. The normalized spacial score (nSPS) is 29.1. The minimum absolute atomic E-state index is 0.0927. The van der Waals surface area contributed by atoms with E-state index >= 15 is 0 Å². The van der Waals surface area contributed by atoms with Crippen molar-refractivity contribution in [2.24, 2.45) is 17.8 Å². The van der Waals surface area contributed by atoms with E-state index in [0.29, 0.717) is 24.3 Å². The van der Waals surface area contributed by atoms with E-state index in [0.717, 1.165) is 16.5 Å². The number of hydrogen-bond acceptors (Lipinski definition) is 4. The molecule has 5 heteroatoms. The molecule has 0 spiro atoms. The third-order valence-corrected chi connectivity index (χ3v) is 4.88. The van der Waals surface area contributed by atoms with Gasteiger partial charge in [-0.1, -0.05) is 13.0 Å². The SMILES string of the molecule is COc1ccc2ccnc(OC[C@H]3NC(=O)[C@@H]4[C@H](C)[C@H]43)c2c1. The zero-order chi connectivity index (χ0) is 15.3. The lowest BCUT2D eigenvalue weighted by Crippen LogP contribution is -2.36. The van der Waals surface area contributed by atoms with Gasteiger partial charge in [0.2, 0.25) is 11.8 Å². The van der Waals surface area contributed by atoms with Gasteiger partial charge in [0.1, 0.15) is 12.4 Å². The summed E-state index contributed by atoms with van der Waals surface area (Å²) < 4.78 is 11.2. The van der Waals surface area contributed by atoms with E-state index in [1.165, 1.54) is 0 Å². The number of aromatic nitrogens is 1. The molecular weight excluding hydrogens is 280 g/mol. The second-order valence-electron chi connectivity index (χ2n) is 6.09. The van der Waals surface area contributed by atoms with Gasteiger partial charge in [-0.05, 0) is 35.4 Å². The number of rotatable bonds is 4. The van der Waals surface area contributed by atoms with Crippen LogP contribution in [0.25, 0.3) is 10.8 Å². The highest BCUT2D eigenvalue weighted by Gasteiger charge is 2.61. The van der Waals surface area contributed by atoms with Gasteiger partial charge in [0.25, 0.3) is 0 Å². The molecule has 1 aliphatic carbocycles. The standard InChI is InChI=1S/C17H18N2O3/c1-9-14-13(19-16(20)15(9)14)8-22-17-12-7-11(21-2)4-3-10(12)5-6-18-17/h3-7,9,13-15H,8H2,1-2H3,(H,19,20)/t9-,13-,14+,15-/m1/s1. The van der Waals surface area contributed by atoms with Crippen LogP contribution in [-0.2, 0) is 4.79 Å². The number of nitrogens with zero attached hydrogens (tertiary/aromatic N) is 1. The van der Waals surface area contributed by atoms with Crippen LogP contribution < -0.4 is 14.8 Å². The number of fused-ring (bicyclic) bond motifs is 2. The fourth-order valence-electron chi connectivity index (χ4n) is 3.58. The van der Waals surface area contributed by atoms with Gasteiger partial charge >= 0.3 is 0 Å². The molecule has 1 aromatic carbocycles. The number of piperidine rings is 1. The molecule has 114 valence electrons. The number of ether oxygens (including phenoxy) is 2. The average molecular weight is 298 g/mol. The summed E-state index contributed by atoms with van der Waals surface area (Å²) in [6, 6.07) is 7.86. The molecule has 1 N–H and O–H groups in total. The number of hydrogen-bond donors (Lipinski definition) is 1. The zero-order valence-corrected chi connectivity index (χ0v) is 12.6. The molecule has 4 atom stereocenters. The van der Waals surface area contributed by atoms with Crippen molar-refractivity contribution in [1.82, 2.24) is 10.3 Å². The van der Waals surface area contributed by atoms with Crippen LogP contribution in [-0.4, -0.2) is 30.6 Å². The molecule has 2 aromatic rings. The van der Waals surface area contributed by atoms with Gasteiger partial charge in [0.05, 0.1) is 13.2 Å². The molecule has 0 bridgehead atoms. The minimum atomic E-state index is 0.0927. The Hall–Kier alpha value is -2.30. The quantitative estimate of drug-likeness (QED) is 0.938. The van der Waals surface area contributed by atoms with Crippen LogP contribution in [0.1, 0.15) is 6.92 Å². The van der Waals surface area contributed by atoms with Crippen LogP contribution in [0.2, 0.25) is 0 Å². The van der Waals surface area contributed by atoms with E-state index in [1.54, 1.807) is 13.3 Å². The van der Waals surface area contributed by atoms with E-state index in [2.05, 4.69) is 17.2 Å². The highest BCUT2D eigenvalue weighted by molar-refractivity contribution is 5.88. The average Bonchev–Trinajstić information content (AvgIpc) is 3.08. The maximum Gasteiger partial charge on any atom is 0.224 e. The lowest BCUT2D eigenvalue weighted by Gasteiger charge is -2.16. The molecule has 1 saturated carbocycles. The first kappa shape index (κ1) is 13.4. The first-order chi connectivity index (χ1) is 10.7.